The molecule has 4 heteroatoms. The van der Waals surface area contributed by atoms with Crippen molar-refractivity contribution in [2.24, 2.45) is 7.05 Å². The van der Waals surface area contributed by atoms with E-state index in [1.165, 1.54) is 11.1 Å². The van der Waals surface area contributed by atoms with Crippen LogP contribution in [0.15, 0.2) is 71.3 Å². The minimum Gasteiger partial charge on any atom is -0.454 e. The van der Waals surface area contributed by atoms with Crippen LogP contribution in [0.1, 0.15) is 16.7 Å². The summed E-state index contributed by atoms with van der Waals surface area (Å²) in [7, 11) is 4.14. The van der Waals surface area contributed by atoms with Crippen LogP contribution < -0.4 is 4.57 Å². The largest absolute Gasteiger partial charge is 0.454 e. The van der Waals surface area contributed by atoms with Gasteiger partial charge in [0.1, 0.15) is 24.0 Å². The molecule has 0 bridgehead atoms. The van der Waals surface area contributed by atoms with Gasteiger partial charge in [0.05, 0.1) is 11.1 Å². The highest BCUT2D eigenvalue weighted by atomic mass is 19.1. The van der Waals surface area contributed by atoms with Gasteiger partial charge in [0.25, 0.3) is 0 Å². The van der Waals surface area contributed by atoms with E-state index < -0.39 is 0 Å². The number of aryl methyl sites for hydroxylation is 2. The zero-order valence-electron chi connectivity index (χ0n) is 18.4. The molecule has 5 aromatic rings. The first kappa shape index (κ1) is 19.2. The molecule has 32 heavy (non-hydrogen) atoms. The first-order valence-electron chi connectivity index (χ1n) is 10.9. The number of fused-ring (bicyclic) bond motifs is 4. The molecule has 0 fully saturated rings. The summed E-state index contributed by atoms with van der Waals surface area (Å²) in [5.41, 5.74) is 8.61. The van der Waals surface area contributed by atoms with E-state index in [1.807, 2.05) is 37.5 Å². The van der Waals surface area contributed by atoms with Gasteiger partial charge in [-0.2, -0.15) is 0 Å². The zero-order chi connectivity index (χ0) is 22.0. The van der Waals surface area contributed by atoms with Gasteiger partial charge in [-0.1, -0.05) is 24.3 Å². The number of hydrogen-bond donors (Lipinski definition) is 0. The number of rotatable bonds is 2. The molecule has 0 aliphatic carbocycles. The first-order valence-corrected chi connectivity index (χ1v) is 10.9. The van der Waals surface area contributed by atoms with E-state index in [2.05, 4.69) is 53.8 Å². The van der Waals surface area contributed by atoms with Gasteiger partial charge in [-0.15, -0.1) is 0 Å². The molecule has 0 atom stereocenters. The van der Waals surface area contributed by atoms with Crippen molar-refractivity contribution in [2.75, 3.05) is 7.05 Å². The number of pyridine rings is 1. The van der Waals surface area contributed by atoms with E-state index in [1.54, 1.807) is 6.07 Å². The quantitative estimate of drug-likeness (QED) is 0.318. The van der Waals surface area contributed by atoms with E-state index in [4.69, 9.17) is 4.42 Å². The Balaban J connectivity index is 1.66. The predicted molar refractivity (Wildman–Crippen MR) is 126 cm³/mol. The monoisotopic (exact) mass is 423 g/mol. The van der Waals surface area contributed by atoms with Crippen molar-refractivity contribution in [2.45, 2.75) is 20.0 Å². The molecule has 3 heterocycles. The van der Waals surface area contributed by atoms with Crippen LogP contribution in [0.3, 0.4) is 0 Å². The van der Waals surface area contributed by atoms with Gasteiger partial charge < -0.3 is 4.42 Å². The highest BCUT2D eigenvalue weighted by molar-refractivity contribution is 6.13. The van der Waals surface area contributed by atoms with Crippen LogP contribution in [0.25, 0.3) is 44.3 Å². The fraction of sp³-hybridized carbons (Fsp3) is 0.179. The van der Waals surface area contributed by atoms with E-state index >= 15 is 4.39 Å². The Bertz CT molecular complexity index is 1530. The summed E-state index contributed by atoms with van der Waals surface area (Å²) in [5, 5.41) is 1.94. The van der Waals surface area contributed by atoms with Gasteiger partial charge in [0, 0.05) is 36.0 Å². The molecular formula is C28H24FN2O+. The molecule has 158 valence electrons. The number of furan rings is 1. The first-order chi connectivity index (χ1) is 15.5. The fourth-order valence-corrected chi connectivity index (χ4v) is 5.07. The molecule has 0 spiro atoms. The molecule has 3 aromatic carbocycles. The Morgan fingerprint density at radius 3 is 2.44 bits per heavy atom. The third-order valence-corrected chi connectivity index (χ3v) is 6.65. The Hall–Kier alpha value is -3.50. The average Bonchev–Trinajstić information content (AvgIpc) is 3.33. The van der Waals surface area contributed by atoms with E-state index in [-0.39, 0.29) is 5.82 Å². The van der Waals surface area contributed by atoms with Crippen LogP contribution in [0, 0.1) is 12.7 Å². The number of nitrogens with zero attached hydrogens (tertiary/aromatic N) is 2. The summed E-state index contributed by atoms with van der Waals surface area (Å²) in [4.78, 5) is 2.27. The Labute approximate surface area is 186 Å². The second-order valence-corrected chi connectivity index (χ2v) is 8.89. The number of aromatic nitrogens is 1. The Morgan fingerprint density at radius 2 is 1.62 bits per heavy atom. The smallest absolute Gasteiger partial charge is 0.216 e. The van der Waals surface area contributed by atoms with Crippen molar-refractivity contribution < 1.29 is 13.4 Å². The molecule has 0 saturated heterocycles. The van der Waals surface area contributed by atoms with Crippen LogP contribution in [-0.2, 0) is 20.1 Å². The van der Waals surface area contributed by atoms with Gasteiger partial charge in [0.15, 0.2) is 6.20 Å². The molecule has 1 aliphatic heterocycles. The van der Waals surface area contributed by atoms with Crippen LogP contribution in [-0.4, -0.2) is 11.9 Å². The predicted octanol–water partition coefficient (Wildman–Crippen LogP) is 6.14. The molecule has 3 nitrogen and oxygen atoms in total. The third kappa shape index (κ3) is 2.80. The van der Waals surface area contributed by atoms with Gasteiger partial charge in [-0.25, -0.2) is 8.96 Å². The second-order valence-electron chi connectivity index (χ2n) is 8.89. The van der Waals surface area contributed by atoms with Crippen molar-refractivity contribution in [3.05, 3.63) is 89.4 Å². The lowest BCUT2D eigenvalue weighted by atomic mass is 9.97. The molecule has 6 rings (SSSR count). The fourth-order valence-electron chi connectivity index (χ4n) is 5.07. The van der Waals surface area contributed by atoms with Gasteiger partial charge in [0.2, 0.25) is 5.69 Å². The minimum atomic E-state index is -0.258. The third-order valence-electron chi connectivity index (χ3n) is 6.65. The van der Waals surface area contributed by atoms with Crippen LogP contribution in [0.4, 0.5) is 4.39 Å². The van der Waals surface area contributed by atoms with Crippen molar-refractivity contribution in [1.29, 1.82) is 0 Å². The van der Waals surface area contributed by atoms with Crippen molar-refractivity contribution in [1.82, 2.24) is 4.90 Å². The highest BCUT2D eigenvalue weighted by Gasteiger charge is 2.24. The summed E-state index contributed by atoms with van der Waals surface area (Å²) in [5.74, 6) is -0.258. The molecular weight excluding hydrogens is 399 g/mol. The highest BCUT2D eigenvalue weighted by Crippen LogP contribution is 2.42. The summed E-state index contributed by atoms with van der Waals surface area (Å²) >= 11 is 0. The van der Waals surface area contributed by atoms with E-state index in [0.29, 0.717) is 11.1 Å². The standard InChI is InChI=1S/C28H24FN2O/c1-17-7-10-21-22-11-12-23(29)26(18-8-9-19-15-30(2)16-20(19)14-18)28(22)32-27(21)25(17)24-6-4-5-13-31(24)3/h4-14H,15-16H2,1-3H3/q+1. The summed E-state index contributed by atoms with van der Waals surface area (Å²) in [6.07, 6.45) is 2.03. The van der Waals surface area contributed by atoms with Crippen LogP contribution in [0.2, 0.25) is 0 Å². The lowest BCUT2D eigenvalue weighted by Crippen LogP contribution is -2.30. The van der Waals surface area contributed by atoms with E-state index in [0.717, 1.165) is 51.8 Å². The van der Waals surface area contributed by atoms with Gasteiger partial charge in [-0.3, -0.25) is 4.90 Å². The van der Waals surface area contributed by atoms with Gasteiger partial charge in [-0.05, 0) is 60.5 Å². The Morgan fingerprint density at radius 1 is 0.875 bits per heavy atom. The van der Waals surface area contributed by atoms with Crippen molar-refractivity contribution >= 4 is 21.9 Å². The number of hydrogen-bond acceptors (Lipinski definition) is 2. The van der Waals surface area contributed by atoms with Gasteiger partial charge >= 0.3 is 0 Å². The van der Waals surface area contributed by atoms with Crippen molar-refractivity contribution in [3.63, 3.8) is 0 Å². The van der Waals surface area contributed by atoms with Crippen LogP contribution >= 0.6 is 0 Å². The van der Waals surface area contributed by atoms with Crippen molar-refractivity contribution in [3.8, 4) is 22.4 Å². The normalized spacial score (nSPS) is 13.9. The molecule has 0 amide bonds. The SMILES string of the molecule is Cc1ccc2c(oc3c(-c4ccc5c(c4)CN(C)C5)c(F)ccc32)c1-c1cccc[n+]1C. The minimum absolute atomic E-state index is 0.258. The maximum Gasteiger partial charge on any atom is 0.216 e. The number of halogens is 1. The lowest BCUT2D eigenvalue weighted by Gasteiger charge is -2.07. The summed E-state index contributed by atoms with van der Waals surface area (Å²) in [6.45, 7) is 3.91. The topological polar surface area (TPSA) is 20.3 Å². The Kier molecular flexibility index (Phi) is 4.21. The molecule has 0 radical (unpaired) electrons. The lowest BCUT2D eigenvalue weighted by molar-refractivity contribution is -0.660. The number of benzene rings is 3. The maximum absolute atomic E-state index is 15.3. The summed E-state index contributed by atoms with van der Waals surface area (Å²) < 4.78 is 23.9. The van der Waals surface area contributed by atoms with Crippen LogP contribution in [0.5, 0.6) is 0 Å². The average molecular weight is 424 g/mol. The maximum atomic E-state index is 15.3. The molecule has 0 N–H and O–H groups in total. The second kappa shape index (κ2) is 7.01. The van der Waals surface area contributed by atoms with E-state index in [9.17, 15) is 0 Å². The summed E-state index contributed by atoms with van der Waals surface area (Å²) in [6, 6.07) is 20.0. The zero-order valence-corrected chi connectivity index (χ0v) is 18.4. The molecule has 0 saturated carbocycles. The molecule has 2 aromatic heterocycles. The molecule has 1 aliphatic rings. The molecule has 0 unspecified atom stereocenters.